The summed E-state index contributed by atoms with van der Waals surface area (Å²) in [5.41, 5.74) is 5.24. The van der Waals surface area contributed by atoms with Crippen LogP contribution < -0.4 is 5.73 Å². The quantitative estimate of drug-likeness (QED) is 0.796. The molecular weight excluding hydrogens is 236 g/mol. The first kappa shape index (κ1) is 16.9. The predicted octanol–water partition coefficient (Wildman–Crippen LogP) is 1.81. The number of likely N-dealkylation sites (N-methyl/N-ethyl adjacent to an activating group) is 1. The Hall–Kier alpha value is -0.130. The minimum Gasteiger partial charge on any atom is -0.329 e. The molecule has 0 aromatic heterocycles. The maximum Gasteiger partial charge on any atom is 0.214 e. The summed E-state index contributed by atoms with van der Waals surface area (Å²) in [4.78, 5) is 0. The Morgan fingerprint density at radius 2 is 1.65 bits per heavy atom. The van der Waals surface area contributed by atoms with Gasteiger partial charge in [-0.15, -0.1) is 0 Å². The molecule has 2 N–H and O–H groups in total. The van der Waals surface area contributed by atoms with Gasteiger partial charge in [-0.25, -0.2) is 8.42 Å². The van der Waals surface area contributed by atoms with Crippen LogP contribution in [0.3, 0.4) is 0 Å². The van der Waals surface area contributed by atoms with E-state index < -0.39 is 15.6 Å². The van der Waals surface area contributed by atoms with Crippen LogP contribution in [0.5, 0.6) is 0 Å². The molecule has 1 atom stereocenters. The van der Waals surface area contributed by atoms with Gasteiger partial charge in [0.05, 0.1) is 5.75 Å². The van der Waals surface area contributed by atoms with Crippen LogP contribution in [-0.2, 0) is 10.0 Å². The predicted molar refractivity (Wildman–Crippen MR) is 73.4 cm³/mol. The van der Waals surface area contributed by atoms with Crippen molar-refractivity contribution in [1.29, 1.82) is 0 Å². The number of nitrogens with two attached hydrogens (primary N) is 1. The molecule has 0 saturated carbocycles. The average Bonchev–Trinajstić information content (AvgIpc) is 2.23. The zero-order valence-corrected chi connectivity index (χ0v) is 12.9. The van der Waals surface area contributed by atoms with Gasteiger partial charge in [-0.2, -0.15) is 4.31 Å². The van der Waals surface area contributed by atoms with Crippen molar-refractivity contribution in [2.24, 2.45) is 11.1 Å². The summed E-state index contributed by atoms with van der Waals surface area (Å²) in [7, 11) is -1.59. The van der Waals surface area contributed by atoms with Crippen LogP contribution in [0.1, 0.15) is 47.5 Å². The van der Waals surface area contributed by atoms with E-state index in [1.807, 2.05) is 34.6 Å². The molecule has 0 aromatic carbocycles. The van der Waals surface area contributed by atoms with Gasteiger partial charge in [-0.05, 0) is 25.2 Å². The molecule has 17 heavy (non-hydrogen) atoms. The molecule has 0 radical (unpaired) electrons. The number of hydrogen-bond acceptors (Lipinski definition) is 3. The third-order valence-electron chi connectivity index (χ3n) is 3.49. The number of nitrogens with zero attached hydrogens (tertiary/aromatic N) is 1. The van der Waals surface area contributed by atoms with E-state index in [0.29, 0.717) is 13.0 Å². The largest absolute Gasteiger partial charge is 0.329 e. The fourth-order valence-electron chi connectivity index (χ4n) is 1.40. The van der Waals surface area contributed by atoms with E-state index in [9.17, 15) is 8.42 Å². The van der Waals surface area contributed by atoms with Gasteiger partial charge >= 0.3 is 0 Å². The van der Waals surface area contributed by atoms with Crippen LogP contribution in [-0.4, -0.2) is 37.6 Å². The Kier molecular flexibility index (Phi) is 5.63. The summed E-state index contributed by atoms with van der Waals surface area (Å²) in [6.45, 7) is 10.3. The molecule has 1 unspecified atom stereocenters. The molecule has 0 rings (SSSR count). The monoisotopic (exact) mass is 264 g/mol. The Morgan fingerprint density at radius 3 is 1.94 bits per heavy atom. The first-order chi connectivity index (χ1) is 7.48. The summed E-state index contributed by atoms with van der Waals surface area (Å²) in [5.74, 6) is 0.183. The first-order valence-corrected chi connectivity index (χ1v) is 7.76. The summed E-state index contributed by atoms with van der Waals surface area (Å²) < 4.78 is 25.9. The van der Waals surface area contributed by atoms with Crippen LogP contribution in [0.25, 0.3) is 0 Å². The maximum absolute atomic E-state index is 12.2. The van der Waals surface area contributed by atoms with Gasteiger partial charge in [0.1, 0.15) is 0 Å². The first-order valence-electron chi connectivity index (χ1n) is 6.15. The van der Waals surface area contributed by atoms with Gasteiger partial charge in [-0.1, -0.05) is 27.7 Å². The highest BCUT2D eigenvalue weighted by Crippen LogP contribution is 2.24. The second-order valence-corrected chi connectivity index (χ2v) is 8.27. The summed E-state index contributed by atoms with van der Waals surface area (Å²) in [6, 6.07) is 0. The van der Waals surface area contributed by atoms with E-state index in [4.69, 9.17) is 5.73 Å². The Balaban J connectivity index is 4.83. The van der Waals surface area contributed by atoms with Gasteiger partial charge in [0.15, 0.2) is 0 Å². The SMILES string of the molecule is CCC(C)(CN)N(C)S(=O)(=O)CCC(C)(C)C. The molecule has 0 aliphatic carbocycles. The van der Waals surface area contributed by atoms with Gasteiger partial charge in [-0.3, -0.25) is 0 Å². The normalized spacial score (nSPS) is 17.2. The van der Waals surface area contributed by atoms with E-state index >= 15 is 0 Å². The van der Waals surface area contributed by atoms with E-state index in [2.05, 4.69) is 0 Å². The van der Waals surface area contributed by atoms with Crippen LogP contribution in [0.4, 0.5) is 0 Å². The topological polar surface area (TPSA) is 63.4 Å². The van der Waals surface area contributed by atoms with Crippen molar-refractivity contribution in [3.05, 3.63) is 0 Å². The van der Waals surface area contributed by atoms with Gasteiger partial charge < -0.3 is 5.73 Å². The number of rotatable bonds is 6. The minimum atomic E-state index is -3.22. The van der Waals surface area contributed by atoms with Gasteiger partial charge in [0, 0.05) is 19.1 Å². The van der Waals surface area contributed by atoms with Crippen LogP contribution in [0.2, 0.25) is 0 Å². The molecule has 104 valence electrons. The molecule has 0 aliphatic rings. The van der Waals surface area contributed by atoms with E-state index in [0.717, 1.165) is 6.42 Å². The van der Waals surface area contributed by atoms with E-state index in [-0.39, 0.29) is 11.2 Å². The summed E-state index contributed by atoms with van der Waals surface area (Å²) in [6.07, 6.45) is 1.37. The maximum atomic E-state index is 12.2. The lowest BCUT2D eigenvalue weighted by Crippen LogP contribution is -2.52. The van der Waals surface area contributed by atoms with Gasteiger partial charge in [0.25, 0.3) is 0 Å². The molecule has 0 spiro atoms. The average molecular weight is 264 g/mol. The molecule has 0 saturated heterocycles. The Morgan fingerprint density at radius 1 is 1.18 bits per heavy atom. The molecule has 0 fully saturated rings. The van der Waals surface area contributed by atoms with Crippen molar-refractivity contribution in [3.8, 4) is 0 Å². The molecule has 0 aromatic rings. The minimum absolute atomic E-state index is 0.0270. The highest BCUT2D eigenvalue weighted by atomic mass is 32.2. The second-order valence-electron chi connectivity index (χ2n) is 6.15. The lowest BCUT2D eigenvalue weighted by molar-refractivity contribution is 0.238. The van der Waals surface area contributed by atoms with Crippen LogP contribution >= 0.6 is 0 Å². The molecule has 0 bridgehead atoms. The van der Waals surface area contributed by atoms with Crippen molar-refractivity contribution in [2.45, 2.75) is 53.0 Å². The highest BCUT2D eigenvalue weighted by molar-refractivity contribution is 7.89. The van der Waals surface area contributed by atoms with Crippen LogP contribution in [0.15, 0.2) is 0 Å². The zero-order valence-electron chi connectivity index (χ0n) is 12.1. The zero-order chi connectivity index (χ0) is 13.9. The van der Waals surface area contributed by atoms with Crippen molar-refractivity contribution < 1.29 is 8.42 Å². The molecule has 0 aliphatic heterocycles. The molecule has 4 nitrogen and oxygen atoms in total. The molecular formula is C12H28N2O2S. The van der Waals surface area contributed by atoms with E-state index in [1.54, 1.807) is 7.05 Å². The van der Waals surface area contributed by atoms with Gasteiger partial charge in [0.2, 0.25) is 10.0 Å². The highest BCUT2D eigenvalue weighted by Gasteiger charge is 2.34. The second kappa shape index (κ2) is 5.67. The van der Waals surface area contributed by atoms with Crippen molar-refractivity contribution in [2.75, 3.05) is 19.3 Å². The Labute approximate surface area is 107 Å². The molecule has 0 amide bonds. The number of hydrogen-bond donors (Lipinski definition) is 1. The molecule has 5 heteroatoms. The summed E-state index contributed by atoms with van der Waals surface area (Å²) in [5, 5.41) is 0. The van der Waals surface area contributed by atoms with Crippen LogP contribution in [0, 0.1) is 5.41 Å². The lowest BCUT2D eigenvalue weighted by Gasteiger charge is -2.36. The molecule has 0 heterocycles. The van der Waals surface area contributed by atoms with Crippen molar-refractivity contribution >= 4 is 10.0 Å². The lowest BCUT2D eigenvalue weighted by atomic mass is 9.94. The third kappa shape index (κ3) is 4.94. The Bertz CT molecular complexity index is 327. The van der Waals surface area contributed by atoms with E-state index in [1.165, 1.54) is 4.31 Å². The smallest absolute Gasteiger partial charge is 0.214 e. The number of sulfonamides is 1. The fourth-order valence-corrected chi connectivity index (χ4v) is 3.42. The van der Waals surface area contributed by atoms with Crippen molar-refractivity contribution in [1.82, 2.24) is 4.31 Å². The third-order valence-corrected chi connectivity index (χ3v) is 5.48. The standard InChI is InChI=1S/C12H28N2O2S/c1-7-12(5,10-13)14(6)17(15,16)9-8-11(2,3)4/h7-10,13H2,1-6H3. The summed E-state index contributed by atoms with van der Waals surface area (Å²) >= 11 is 0. The van der Waals surface area contributed by atoms with Crippen molar-refractivity contribution in [3.63, 3.8) is 0 Å². The fraction of sp³-hybridized carbons (Fsp3) is 1.00.